The zero-order chi connectivity index (χ0) is 16.7. The lowest BCUT2D eigenvalue weighted by molar-refractivity contribution is -0.0291. The number of ether oxygens (including phenoxy) is 1. The Bertz CT molecular complexity index is 452. The molecule has 10 heteroatoms. The maximum absolute atomic E-state index is 11.1. The molecule has 2 unspecified atom stereocenters. The molecule has 0 radical (unpaired) electrons. The number of unbranched alkanes of at least 4 members (excludes halogenated alkanes) is 3. The molecule has 0 bridgehead atoms. The van der Waals surface area contributed by atoms with Gasteiger partial charge >= 0.3 is 0 Å². The molecular formula is C11H24O8S2. The number of hydrogen-bond donors (Lipinski definition) is 3. The highest BCUT2D eigenvalue weighted by atomic mass is 32.3. The van der Waals surface area contributed by atoms with Gasteiger partial charge in [0.1, 0.15) is 6.10 Å². The summed E-state index contributed by atoms with van der Waals surface area (Å²) < 4.78 is 64.7. The number of rotatable bonds is 11. The molecule has 21 heavy (non-hydrogen) atoms. The van der Waals surface area contributed by atoms with Gasteiger partial charge in [-0.25, -0.2) is 0 Å². The maximum atomic E-state index is 11.1. The lowest BCUT2D eigenvalue weighted by Gasteiger charge is -2.24. The summed E-state index contributed by atoms with van der Waals surface area (Å²) in [6.07, 6.45) is 2.10. The van der Waals surface area contributed by atoms with Gasteiger partial charge in [-0.1, -0.05) is 32.6 Å². The molecule has 0 fully saturated rings. The van der Waals surface area contributed by atoms with Crippen molar-refractivity contribution in [3.63, 3.8) is 0 Å². The molecule has 0 saturated carbocycles. The smallest absolute Gasteiger partial charge is 0.287 e. The molecular weight excluding hydrogens is 324 g/mol. The number of aliphatic hydroxyl groups excluding tert-OH is 1. The third-order valence-electron chi connectivity index (χ3n) is 2.94. The molecule has 0 saturated heterocycles. The van der Waals surface area contributed by atoms with Crippen LogP contribution >= 0.6 is 0 Å². The van der Waals surface area contributed by atoms with Crippen molar-refractivity contribution >= 4 is 20.2 Å². The highest BCUT2D eigenvalue weighted by Crippen LogP contribution is 2.18. The Labute approximate surface area is 126 Å². The van der Waals surface area contributed by atoms with E-state index in [0.717, 1.165) is 25.7 Å². The van der Waals surface area contributed by atoms with Crippen LogP contribution in [0.4, 0.5) is 0 Å². The predicted molar refractivity (Wildman–Crippen MR) is 77.1 cm³/mol. The van der Waals surface area contributed by atoms with E-state index in [4.69, 9.17) is 18.9 Å². The predicted octanol–water partition coefficient (Wildman–Crippen LogP) is 0.825. The summed E-state index contributed by atoms with van der Waals surface area (Å²) in [6, 6.07) is 0. The van der Waals surface area contributed by atoms with E-state index in [-0.39, 0.29) is 0 Å². The molecule has 0 aromatic heterocycles. The van der Waals surface area contributed by atoms with Gasteiger partial charge in [0.05, 0.1) is 12.7 Å². The Morgan fingerprint density at radius 3 is 1.90 bits per heavy atom. The van der Waals surface area contributed by atoms with Crippen molar-refractivity contribution in [3.05, 3.63) is 0 Å². The van der Waals surface area contributed by atoms with Gasteiger partial charge in [0.15, 0.2) is 0 Å². The van der Waals surface area contributed by atoms with Gasteiger partial charge in [-0.05, 0) is 13.3 Å². The van der Waals surface area contributed by atoms with Crippen LogP contribution in [0.1, 0.15) is 46.0 Å². The van der Waals surface area contributed by atoms with Crippen molar-refractivity contribution in [1.82, 2.24) is 0 Å². The molecule has 0 spiro atoms. The van der Waals surface area contributed by atoms with Crippen LogP contribution in [0, 0.1) is 0 Å². The van der Waals surface area contributed by atoms with Gasteiger partial charge in [0.2, 0.25) is 4.58 Å². The molecule has 0 amide bonds. The zero-order valence-electron chi connectivity index (χ0n) is 12.2. The van der Waals surface area contributed by atoms with E-state index in [2.05, 4.69) is 0 Å². The Balaban J connectivity index is 4.81. The molecule has 2 atom stereocenters. The SMILES string of the molecule is CCCCCCC(C)OC(CO)C(S(=O)(=O)O)S(=O)(=O)O. The first-order chi connectivity index (χ1) is 9.54. The minimum Gasteiger partial charge on any atom is -0.394 e. The van der Waals surface area contributed by atoms with E-state index < -0.39 is 43.6 Å². The summed E-state index contributed by atoms with van der Waals surface area (Å²) in [4.78, 5) is 0. The summed E-state index contributed by atoms with van der Waals surface area (Å²) in [5.41, 5.74) is 0. The van der Waals surface area contributed by atoms with Crippen molar-refractivity contribution in [1.29, 1.82) is 0 Å². The molecule has 0 aliphatic rings. The van der Waals surface area contributed by atoms with E-state index in [9.17, 15) is 16.8 Å². The Morgan fingerprint density at radius 1 is 1.00 bits per heavy atom. The van der Waals surface area contributed by atoms with E-state index in [1.54, 1.807) is 6.92 Å². The van der Waals surface area contributed by atoms with Gasteiger partial charge in [-0.3, -0.25) is 9.11 Å². The fourth-order valence-electron chi connectivity index (χ4n) is 1.96. The molecule has 3 N–H and O–H groups in total. The highest BCUT2D eigenvalue weighted by molar-refractivity contribution is 8.04. The highest BCUT2D eigenvalue weighted by Gasteiger charge is 2.43. The molecule has 0 aliphatic carbocycles. The van der Waals surface area contributed by atoms with Crippen LogP contribution in [0.15, 0.2) is 0 Å². The van der Waals surface area contributed by atoms with Gasteiger partial charge in [-0.2, -0.15) is 16.8 Å². The molecule has 0 aliphatic heterocycles. The van der Waals surface area contributed by atoms with Crippen molar-refractivity contribution in [2.45, 2.75) is 62.7 Å². The molecule has 0 heterocycles. The second kappa shape index (κ2) is 9.01. The standard InChI is InChI=1S/C11H24O8S2/c1-3-4-5-6-7-9(2)19-10(8-12)11(20(13,14)15)21(16,17)18/h9-12H,3-8H2,1-2H3,(H,13,14,15)(H,16,17,18). The first-order valence-electron chi connectivity index (χ1n) is 6.73. The van der Waals surface area contributed by atoms with Gasteiger partial charge in [0.25, 0.3) is 20.2 Å². The van der Waals surface area contributed by atoms with Gasteiger partial charge in [-0.15, -0.1) is 0 Å². The normalized spacial score (nSPS) is 16.1. The molecule has 0 aromatic carbocycles. The molecule has 8 nitrogen and oxygen atoms in total. The minimum atomic E-state index is -5.13. The van der Waals surface area contributed by atoms with E-state index in [0.29, 0.717) is 6.42 Å². The van der Waals surface area contributed by atoms with Crippen LogP contribution < -0.4 is 0 Å². The topological polar surface area (TPSA) is 138 Å². The first-order valence-corrected chi connectivity index (χ1v) is 9.73. The minimum absolute atomic E-state index is 0.523. The fraction of sp³-hybridized carbons (Fsp3) is 1.00. The summed E-state index contributed by atoms with van der Waals surface area (Å²) >= 11 is 0. The van der Waals surface area contributed by atoms with Crippen molar-refractivity contribution in [3.8, 4) is 0 Å². The van der Waals surface area contributed by atoms with E-state index in [1.165, 1.54) is 0 Å². The van der Waals surface area contributed by atoms with Crippen molar-refractivity contribution in [2.24, 2.45) is 0 Å². The second-order valence-electron chi connectivity index (χ2n) is 4.92. The molecule has 128 valence electrons. The number of hydrogen-bond acceptors (Lipinski definition) is 6. The molecule has 0 rings (SSSR count). The lowest BCUT2D eigenvalue weighted by Crippen LogP contribution is -2.45. The maximum Gasteiger partial charge on any atom is 0.287 e. The zero-order valence-corrected chi connectivity index (χ0v) is 13.8. The first kappa shape index (κ1) is 20.7. The van der Waals surface area contributed by atoms with Gasteiger partial charge in [0, 0.05) is 0 Å². The second-order valence-corrected chi connectivity index (χ2v) is 8.29. The van der Waals surface area contributed by atoms with Crippen LogP contribution in [0.2, 0.25) is 0 Å². The summed E-state index contributed by atoms with van der Waals surface area (Å²) in [6.45, 7) is 2.67. The van der Waals surface area contributed by atoms with Crippen LogP contribution in [0.25, 0.3) is 0 Å². The monoisotopic (exact) mass is 348 g/mol. The lowest BCUT2D eigenvalue weighted by atomic mass is 10.1. The Morgan fingerprint density at radius 2 is 1.52 bits per heavy atom. The van der Waals surface area contributed by atoms with Crippen molar-refractivity contribution in [2.75, 3.05) is 6.61 Å². The summed E-state index contributed by atoms with van der Waals surface area (Å²) in [7, 11) is -10.3. The largest absolute Gasteiger partial charge is 0.394 e. The fourth-order valence-corrected chi connectivity index (χ4v) is 4.25. The Kier molecular flexibility index (Phi) is 8.90. The molecule has 0 aromatic rings. The summed E-state index contributed by atoms with van der Waals surface area (Å²) in [5, 5.41) is 9.11. The van der Waals surface area contributed by atoms with Crippen LogP contribution in [-0.4, -0.2) is 54.4 Å². The van der Waals surface area contributed by atoms with Crippen LogP contribution in [0.5, 0.6) is 0 Å². The number of aliphatic hydroxyl groups is 1. The van der Waals surface area contributed by atoms with E-state index >= 15 is 0 Å². The third-order valence-corrected chi connectivity index (χ3v) is 6.18. The average molecular weight is 348 g/mol. The van der Waals surface area contributed by atoms with Crippen LogP contribution in [0.3, 0.4) is 0 Å². The third kappa shape index (κ3) is 8.07. The quantitative estimate of drug-likeness (QED) is 0.368. The van der Waals surface area contributed by atoms with Crippen LogP contribution in [-0.2, 0) is 25.0 Å². The van der Waals surface area contributed by atoms with E-state index in [1.807, 2.05) is 6.92 Å². The van der Waals surface area contributed by atoms with Crippen molar-refractivity contribution < 1.29 is 35.8 Å². The Hall–Kier alpha value is -0.260. The van der Waals surface area contributed by atoms with Gasteiger partial charge < -0.3 is 9.84 Å². The average Bonchev–Trinajstić information content (AvgIpc) is 2.30. The summed E-state index contributed by atoms with van der Waals surface area (Å²) in [5.74, 6) is 0.